The Hall–Kier alpha value is -0.810. The van der Waals surface area contributed by atoms with Gasteiger partial charge in [0.25, 0.3) is 0 Å². The van der Waals surface area contributed by atoms with Crippen molar-refractivity contribution in [2.24, 2.45) is 5.92 Å². The van der Waals surface area contributed by atoms with Gasteiger partial charge in [-0.25, -0.2) is 0 Å². The Balaban J connectivity index is 0.00000324. The topological polar surface area (TPSA) is 67.4 Å². The summed E-state index contributed by atoms with van der Waals surface area (Å²) in [5.41, 5.74) is 0. The predicted molar refractivity (Wildman–Crippen MR) is 76.3 cm³/mol. The monoisotopic (exact) mass is 292 g/mol. The van der Waals surface area contributed by atoms with E-state index >= 15 is 0 Å². The van der Waals surface area contributed by atoms with Crippen molar-refractivity contribution in [3.8, 4) is 0 Å². The van der Waals surface area contributed by atoms with E-state index in [2.05, 4.69) is 10.6 Å². The van der Waals surface area contributed by atoms with Crippen LogP contribution < -0.4 is 10.6 Å². The molecule has 1 saturated heterocycles. The van der Waals surface area contributed by atoms with E-state index < -0.39 is 0 Å². The molecule has 1 heterocycles. The van der Waals surface area contributed by atoms with E-state index in [4.69, 9.17) is 4.74 Å². The van der Waals surface area contributed by atoms with Gasteiger partial charge in [-0.1, -0.05) is 0 Å². The van der Waals surface area contributed by atoms with Crippen LogP contribution in [0.5, 0.6) is 0 Å². The minimum Gasteiger partial charge on any atom is -0.466 e. The van der Waals surface area contributed by atoms with E-state index in [0.29, 0.717) is 38.3 Å². The van der Waals surface area contributed by atoms with E-state index in [1.165, 1.54) is 6.42 Å². The fourth-order valence-electron chi connectivity index (χ4n) is 2.08. The van der Waals surface area contributed by atoms with Crippen LogP contribution in [0.1, 0.15) is 39.0 Å². The average molecular weight is 293 g/mol. The van der Waals surface area contributed by atoms with Crippen LogP contribution in [-0.2, 0) is 14.3 Å². The summed E-state index contributed by atoms with van der Waals surface area (Å²) in [6, 6.07) is 0. The van der Waals surface area contributed by atoms with Gasteiger partial charge in [-0.3, -0.25) is 9.59 Å². The molecule has 0 radical (unpaired) electrons. The summed E-state index contributed by atoms with van der Waals surface area (Å²) in [4.78, 5) is 22.6. The van der Waals surface area contributed by atoms with Gasteiger partial charge < -0.3 is 15.4 Å². The first kappa shape index (κ1) is 18.2. The first-order chi connectivity index (χ1) is 8.72. The molecule has 0 aromatic rings. The first-order valence-corrected chi connectivity index (χ1v) is 6.85. The third kappa shape index (κ3) is 8.83. The largest absolute Gasteiger partial charge is 0.466 e. The molecular formula is C13H25ClN2O3. The number of carbonyl (C=O) groups excluding carboxylic acids is 2. The third-order valence-electron chi connectivity index (χ3n) is 3.13. The number of esters is 1. The van der Waals surface area contributed by atoms with Crippen molar-refractivity contribution in [1.29, 1.82) is 0 Å². The van der Waals surface area contributed by atoms with Gasteiger partial charge in [-0.2, -0.15) is 0 Å². The average Bonchev–Trinajstić information content (AvgIpc) is 2.85. The zero-order valence-electron chi connectivity index (χ0n) is 11.6. The molecule has 1 amide bonds. The number of amides is 1. The van der Waals surface area contributed by atoms with Crippen LogP contribution in [0.4, 0.5) is 0 Å². The summed E-state index contributed by atoms with van der Waals surface area (Å²) in [7, 11) is 0. The summed E-state index contributed by atoms with van der Waals surface area (Å²) >= 11 is 0. The smallest absolute Gasteiger partial charge is 0.305 e. The van der Waals surface area contributed by atoms with Crippen molar-refractivity contribution in [3.63, 3.8) is 0 Å². The first-order valence-electron chi connectivity index (χ1n) is 6.85. The van der Waals surface area contributed by atoms with E-state index in [9.17, 15) is 9.59 Å². The van der Waals surface area contributed by atoms with Gasteiger partial charge in [0, 0.05) is 19.4 Å². The highest BCUT2D eigenvalue weighted by atomic mass is 35.5. The van der Waals surface area contributed by atoms with E-state index in [0.717, 1.165) is 19.5 Å². The lowest BCUT2D eigenvalue weighted by atomic mass is 10.0. The second-order valence-corrected chi connectivity index (χ2v) is 4.66. The molecule has 1 unspecified atom stereocenters. The highest BCUT2D eigenvalue weighted by Gasteiger charge is 2.15. The lowest BCUT2D eigenvalue weighted by molar-refractivity contribution is -0.143. The maximum absolute atomic E-state index is 11.5. The number of halogens is 1. The van der Waals surface area contributed by atoms with Crippen LogP contribution in [0.3, 0.4) is 0 Å². The molecule has 1 aliphatic heterocycles. The maximum Gasteiger partial charge on any atom is 0.305 e. The van der Waals surface area contributed by atoms with Gasteiger partial charge in [-0.15, -0.1) is 12.4 Å². The number of hydrogen-bond donors (Lipinski definition) is 2. The Labute approximate surface area is 121 Å². The van der Waals surface area contributed by atoms with E-state index in [1.807, 2.05) is 0 Å². The van der Waals surface area contributed by atoms with Gasteiger partial charge >= 0.3 is 5.97 Å². The van der Waals surface area contributed by atoms with Crippen LogP contribution in [0, 0.1) is 5.92 Å². The minimum atomic E-state index is -0.191. The maximum atomic E-state index is 11.5. The number of rotatable bonds is 8. The summed E-state index contributed by atoms with van der Waals surface area (Å²) in [5.74, 6) is 0.546. The van der Waals surface area contributed by atoms with Gasteiger partial charge in [0.1, 0.15) is 0 Å². The van der Waals surface area contributed by atoms with E-state index in [-0.39, 0.29) is 24.3 Å². The summed E-state index contributed by atoms with van der Waals surface area (Å²) in [6.07, 6.45) is 3.74. The molecule has 1 rings (SSSR count). The molecule has 0 spiro atoms. The van der Waals surface area contributed by atoms with Gasteiger partial charge in [0.2, 0.25) is 5.91 Å². The van der Waals surface area contributed by atoms with E-state index in [1.54, 1.807) is 6.92 Å². The number of nitrogens with one attached hydrogen (secondary N) is 2. The fraction of sp³-hybridized carbons (Fsp3) is 0.846. The zero-order chi connectivity index (χ0) is 13.2. The molecule has 6 heteroatoms. The molecule has 0 aliphatic carbocycles. The standard InChI is InChI=1S/C13H24N2O3.ClH/c1-2-18-13(17)4-3-8-15-12(16)6-5-11-7-9-14-10-11;/h11,14H,2-10H2,1H3,(H,15,16);1H. The van der Waals surface area contributed by atoms with Crippen molar-refractivity contribution in [3.05, 3.63) is 0 Å². The Morgan fingerprint density at radius 2 is 2.16 bits per heavy atom. The lowest BCUT2D eigenvalue weighted by Gasteiger charge is -2.08. The lowest BCUT2D eigenvalue weighted by Crippen LogP contribution is -2.25. The molecule has 0 aromatic heterocycles. The van der Waals surface area contributed by atoms with Crippen molar-refractivity contribution in [2.75, 3.05) is 26.2 Å². The highest BCUT2D eigenvalue weighted by Crippen LogP contribution is 2.13. The van der Waals surface area contributed by atoms with Crippen molar-refractivity contribution in [2.45, 2.75) is 39.0 Å². The van der Waals surface area contributed by atoms with Crippen LogP contribution >= 0.6 is 12.4 Å². The second-order valence-electron chi connectivity index (χ2n) is 4.66. The zero-order valence-corrected chi connectivity index (χ0v) is 12.4. The fourth-order valence-corrected chi connectivity index (χ4v) is 2.08. The molecule has 2 N–H and O–H groups in total. The normalized spacial score (nSPS) is 17.6. The number of carbonyl (C=O) groups is 2. The Bertz CT molecular complexity index is 269. The molecule has 0 saturated carbocycles. The van der Waals surface area contributed by atoms with Crippen LogP contribution in [0.15, 0.2) is 0 Å². The van der Waals surface area contributed by atoms with Crippen molar-refractivity contribution < 1.29 is 14.3 Å². The highest BCUT2D eigenvalue weighted by molar-refractivity contribution is 5.85. The summed E-state index contributed by atoms with van der Waals surface area (Å²) in [5, 5.41) is 6.13. The van der Waals surface area contributed by atoms with Gasteiger partial charge in [0.15, 0.2) is 0 Å². The summed E-state index contributed by atoms with van der Waals surface area (Å²) < 4.78 is 4.81. The number of hydrogen-bond acceptors (Lipinski definition) is 4. The van der Waals surface area contributed by atoms with Crippen LogP contribution in [-0.4, -0.2) is 38.1 Å². The molecule has 0 bridgehead atoms. The summed E-state index contributed by atoms with van der Waals surface area (Å²) in [6.45, 7) is 4.88. The molecule has 19 heavy (non-hydrogen) atoms. The molecule has 0 aromatic carbocycles. The molecule has 1 fully saturated rings. The number of ether oxygens (including phenoxy) is 1. The molecule has 5 nitrogen and oxygen atoms in total. The Morgan fingerprint density at radius 1 is 1.37 bits per heavy atom. The van der Waals surface area contributed by atoms with Crippen molar-refractivity contribution >= 4 is 24.3 Å². The quantitative estimate of drug-likeness (QED) is 0.522. The predicted octanol–water partition coefficient (Wildman–Crippen LogP) is 1.26. The Morgan fingerprint density at radius 3 is 2.79 bits per heavy atom. The van der Waals surface area contributed by atoms with Crippen LogP contribution in [0.2, 0.25) is 0 Å². The second kappa shape index (κ2) is 11.1. The van der Waals surface area contributed by atoms with Crippen LogP contribution in [0.25, 0.3) is 0 Å². The SMILES string of the molecule is CCOC(=O)CCCNC(=O)CCC1CCNC1.Cl. The molecule has 1 atom stereocenters. The molecule has 1 aliphatic rings. The van der Waals surface area contributed by atoms with Crippen molar-refractivity contribution in [1.82, 2.24) is 10.6 Å². The Kier molecular flexibility index (Phi) is 10.6. The molecule has 112 valence electrons. The van der Waals surface area contributed by atoms with Gasteiger partial charge in [-0.05, 0) is 45.2 Å². The van der Waals surface area contributed by atoms with Gasteiger partial charge in [0.05, 0.1) is 6.61 Å². The molecular weight excluding hydrogens is 268 g/mol. The minimum absolute atomic E-state index is 0. The third-order valence-corrected chi connectivity index (χ3v) is 3.13.